The lowest BCUT2D eigenvalue weighted by atomic mass is 9.75. The molecular formula is C9H19N3. The van der Waals surface area contributed by atoms with Crippen LogP contribution in [0.3, 0.4) is 0 Å². The van der Waals surface area contributed by atoms with E-state index in [-0.39, 0.29) is 0 Å². The van der Waals surface area contributed by atoms with Crippen LogP contribution in [0.1, 0.15) is 33.6 Å². The van der Waals surface area contributed by atoms with Crippen LogP contribution in [0.5, 0.6) is 0 Å². The van der Waals surface area contributed by atoms with Crippen molar-refractivity contribution in [2.75, 3.05) is 0 Å². The third-order valence-corrected chi connectivity index (χ3v) is 2.31. The summed E-state index contributed by atoms with van der Waals surface area (Å²) < 4.78 is 0. The van der Waals surface area contributed by atoms with Crippen molar-refractivity contribution in [3.63, 3.8) is 0 Å². The summed E-state index contributed by atoms with van der Waals surface area (Å²) in [7, 11) is 0. The molecule has 1 rings (SSSR count). The van der Waals surface area contributed by atoms with Crippen LogP contribution < -0.4 is 11.3 Å². The molecule has 1 aliphatic rings. The molecule has 0 saturated heterocycles. The van der Waals surface area contributed by atoms with E-state index in [1.54, 1.807) is 0 Å². The number of hydrogen-bond acceptors (Lipinski definition) is 2. The average molecular weight is 169 g/mol. The fourth-order valence-corrected chi connectivity index (χ4v) is 1.66. The van der Waals surface area contributed by atoms with Crippen molar-refractivity contribution in [1.82, 2.24) is 5.43 Å². The maximum absolute atomic E-state index is 5.40. The van der Waals surface area contributed by atoms with E-state index in [1.165, 1.54) is 12.8 Å². The summed E-state index contributed by atoms with van der Waals surface area (Å²) in [6, 6.07) is 0.340. The second-order valence-corrected chi connectivity index (χ2v) is 4.03. The first-order valence-corrected chi connectivity index (χ1v) is 4.67. The first-order chi connectivity index (χ1) is 5.63. The highest BCUT2D eigenvalue weighted by Crippen LogP contribution is 2.33. The molecule has 1 fully saturated rings. The summed E-state index contributed by atoms with van der Waals surface area (Å²) in [6.07, 6.45) is 2.46. The predicted molar refractivity (Wildman–Crippen MR) is 51.8 cm³/mol. The zero-order valence-electron chi connectivity index (χ0n) is 8.17. The molecule has 0 aliphatic heterocycles. The van der Waals surface area contributed by atoms with Crippen LogP contribution >= 0.6 is 0 Å². The number of amidine groups is 1. The molecule has 0 aromatic carbocycles. The Hall–Kier alpha value is -0.570. The number of rotatable bonds is 2. The van der Waals surface area contributed by atoms with E-state index < -0.39 is 0 Å². The number of hydrogen-bond donors (Lipinski definition) is 2. The third-order valence-electron chi connectivity index (χ3n) is 2.31. The van der Waals surface area contributed by atoms with Gasteiger partial charge in [-0.3, -0.25) is 4.99 Å². The van der Waals surface area contributed by atoms with E-state index in [0.717, 1.165) is 11.8 Å². The quantitative estimate of drug-likeness (QED) is 0.283. The lowest BCUT2D eigenvalue weighted by Crippen LogP contribution is -2.42. The van der Waals surface area contributed by atoms with E-state index in [4.69, 9.17) is 5.84 Å². The van der Waals surface area contributed by atoms with Gasteiger partial charge in [0.2, 0.25) is 0 Å². The Morgan fingerprint density at radius 1 is 1.50 bits per heavy atom. The molecule has 0 aromatic heterocycles. The second-order valence-electron chi connectivity index (χ2n) is 4.03. The molecule has 0 aromatic rings. The summed E-state index contributed by atoms with van der Waals surface area (Å²) in [5.74, 6) is 7.82. The van der Waals surface area contributed by atoms with Crippen LogP contribution in [0.4, 0.5) is 0 Å². The van der Waals surface area contributed by atoms with E-state index in [0.29, 0.717) is 12.0 Å². The summed E-state index contributed by atoms with van der Waals surface area (Å²) in [6.45, 7) is 6.40. The van der Waals surface area contributed by atoms with Crippen molar-refractivity contribution in [3.8, 4) is 0 Å². The van der Waals surface area contributed by atoms with Crippen LogP contribution in [0.2, 0.25) is 0 Å². The largest absolute Gasteiger partial charge is 0.312 e. The van der Waals surface area contributed by atoms with Crippen molar-refractivity contribution in [1.29, 1.82) is 0 Å². The smallest absolute Gasteiger partial charge is 0.114 e. The van der Waals surface area contributed by atoms with Crippen LogP contribution in [-0.2, 0) is 0 Å². The van der Waals surface area contributed by atoms with Gasteiger partial charge in [-0.1, -0.05) is 6.92 Å². The standard InChI is InChI=1S/C9H19N3/c1-6(2)11-9(12-10)8-4-7(3)5-8/h6-8H,4-5,10H2,1-3H3,(H,11,12). The molecule has 0 amide bonds. The lowest BCUT2D eigenvalue weighted by Gasteiger charge is -2.33. The minimum atomic E-state index is 0.340. The predicted octanol–water partition coefficient (Wildman–Crippen LogP) is 1.30. The minimum Gasteiger partial charge on any atom is -0.312 e. The Kier molecular flexibility index (Phi) is 3.09. The molecule has 12 heavy (non-hydrogen) atoms. The topological polar surface area (TPSA) is 50.4 Å². The monoisotopic (exact) mass is 169 g/mol. The van der Waals surface area contributed by atoms with Gasteiger partial charge in [0, 0.05) is 12.0 Å². The first-order valence-electron chi connectivity index (χ1n) is 4.67. The van der Waals surface area contributed by atoms with Gasteiger partial charge in [-0.25, -0.2) is 5.84 Å². The summed E-state index contributed by atoms with van der Waals surface area (Å²) >= 11 is 0. The van der Waals surface area contributed by atoms with Gasteiger partial charge < -0.3 is 5.43 Å². The van der Waals surface area contributed by atoms with Gasteiger partial charge in [-0.2, -0.15) is 0 Å². The fourth-order valence-electron chi connectivity index (χ4n) is 1.66. The van der Waals surface area contributed by atoms with Gasteiger partial charge >= 0.3 is 0 Å². The molecular weight excluding hydrogens is 150 g/mol. The number of nitrogens with two attached hydrogens (primary N) is 1. The third kappa shape index (κ3) is 2.21. The number of nitrogens with one attached hydrogen (secondary N) is 1. The minimum absolute atomic E-state index is 0.340. The van der Waals surface area contributed by atoms with Gasteiger partial charge in [-0.15, -0.1) is 0 Å². The molecule has 0 unspecified atom stereocenters. The van der Waals surface area contributed by atoms with Crippen LogP contribution in [0.25, 0.3) is 0 Å². The molecule has 70 valence electrons. The summed E-state index contributed by atoms with van der Waals surface area (Å²) in [5, 5.41) is 0. The van der Waals surface area contributed by atoms with Gasteiger partial charge in [0.15, 0.2) is 0 Å². The van der Waals surface area contributed by atoms with Crippen LogP contribution in [0.15, 0.2) is 4.99 Å². The Morgan fingerprint density at radius 2 is 2.08 bits per heavy atom. The Bertz CT molecular complexity index is 169. The van der Waals surface area contributed by atoms with Gasteiger partial charge in [0.25, 0.3) is 0 Å². The zero-order valence-corrected chi connectivity index (χ0v) is 8.17. The lowest BCUT2D eigenvalue weighted by molar-refractivity contribution is 0.275. The molecule has 3 nitrogen and oxygen atoms in total. The van der Waals surface area contributed by atoms with Crippen molar-refractivity contribution in [2.24, 2.45) is 22.7 Å². The number of nitrogens with zero attached hydrogens (tertiary/aromatic N) is 1. The van der Waals surface area contributed by atoms with E-state index in [1.807, 2.05) is 0 Å². The van der Waals surface area contributed by atoms with E-state index >= 15 is 0 Å². The molecule has 3 N–H and O–H groups in total. The first kappa shape index (κ1) is 9.52. The normalized spacial score (nSPS) is 30.2. The molecule has 0 spiro atoms. The SMILES string of the molecule is CC1CC(C(=NC(C)C)NN)C1. The molecule has 0 heterocycles. The summed E-state index contributed by atoms with van der Waals surface area (Å²) in [5.41, 5.74) is 2.71. The fraction of sp³-hybridized carbons (Fsp3) is 0.889. The Morgan fingerprint density at radius 3 is 2.42 bits per heavy atom. The maximum Gasteiger partial charge on any atom is 0.114 e. The average Bonchev–Trinajstić information content (AvgIpc) is 1.94. The van der Waals surface area contributed by atoms with Crippen molar-refractivity contribution in [3.05, 3.63) is 0 Å². The van der Waals surface area contributed by atoms with Crippen LogP contribution in [-0.4, -0.2) is 11.9 Å². The van der Waals surface area contributed by atoms with Crippen molar-refractivity contribution >= 4 is 5.84 Å². The molecule has 1 saturated carbocycles. The molecule has 0 bridgehead atoms. The van der Waals surface area contributed by atoms with Crippen LogP contribution in [0, 0.1) is 11.8 Å². The number of aliphatic imine (C=N–C) groups is 1. The molecule has 1 aliphatic carbocycles. The Labute approximate surface area is 74.4 Å². The van der Waals surface area contributed by atoms with E-state index in [2.05, 4.69) is 31.2 Å². The Balaban J connectivity index is 2.46. The highest BCUT2D eigenvalue weighted by atomic mass is 15.3. The maximum atomic E-state index is 5.40. The molecule has 0 atom stereocenters. The zero-order chi connectivity index (χ0) is 9.14. The van der Waals surface area contributed by atoms with Crippen molar-refractivity contribution < 1.29 is 0 Å². The van der Waals surface area contributed by atoms with Gasteiger partial charge in [0.05, 0.1) is 0 Å². The molecule has 3 heteroatoms. The van der Waals surface area contributed by atoms with Crippen molar-refractivity contribution in [2.45, 2.75) is 39.7 Å². The molecule has 0 radical (unpaired) electrons. The van der Waals surface area contributed by atoms with E-state index in [9.17, 15) is 0 Å². The van der Waals surface area contributed by atoms with Gasteiger partial charge in [0.1, 0.15) is 5.84 Å². The van der Waals surface area contributed by atoms with Gasteiger partial charge in [-0.05, 0) is 32.6 Å². The second kappa shape index (κ2) is 3.90. The number of hydrazine groups is 1. The summed E-state index contributed by atoms with van der Waals surface area (Å²) in [4.78, 5) is 4.43. The highest BCUT2D eigenvalue weighted by molar-refractivity contribution is 5.84. The highest BCUT2D eigenvalue weighted by Gasteiger charge is 2.29.